The van der Waals surface area contributed by atoms with Crippen molar-refractivity contribution in [2.24, 2.45) is 11.8 Å². The van der Waals surface area contributed by atoms with Gasteiger partial charge < -0.3 is 24.8 Å². The topological polar surface area (TPSA) is 105 Å². The van der Waals surface area contributed by atoms with Gasteiger partial charge in [-0.1, -0.05) is 13.8 Å². The molecule has 2 N–H and O–H groups in total. The van der Waals surface area contributed by atoms with Crippen molar-refractivity contribution in [1.82, 2.24) is 10.2 Å². The van der Waals surface area contributed by atoms with E-state index in [9.17, 15) is 19.5 Å². The van der Waals surface area contributed by atoms with Gasteiger partial charge in [-0.05, 0) is 64.7 Å². The quantitative estimate of drug-likeness (QED) is 0.671. The molecular weight excluding hydrogens is 376 g/mol. The Morgan fingerprint density at radius 3 is 2.38 bits per heavy atom. The number of esters is 1. The van der Waals surface area contributed by atoms with Gasteiger partial charge in [-0.15, -0.1) is 0 Å². The van der Waals surface area contributed by atoms with E-state index in [0.717, 1.165) is 6.42 Å². The number of hydrogen-bond acceptors (Lipinski definition) is 6. The predicted octanol–water partition coefficient (Wildman–Crippen LogP) is 2.23. The molecule has 2 amide bonds. The number of likely N-dealkylation sites (tertiary alicyclic amines) is 1. The van der Waals surface area contributed by atoms with E-state index in [1.807, 2.05) is 13.8 Å². The predicted molar refractivity (Wildman–Crippen MR) is 107 cm³/mol. The molecule has 166 valence electrons. The molecule has 2 aliphatic rings. The Labute approximate surface area is 173 Å². The van der Waals surface area contributed by atoms with E-state index in [2.05, 4.69) is 5.32 Å². The summed E-state index contributed by atoms with van der Waals surface area (Å²) in [7, 11) is 1.31. The fourth-order valence-electron chi connectivity index (χ4n) is 4.42. The summed E-state index contributed by atoms with van der Waals surface area (Å²) in [5, 5.41) is 12.8. The molecule has 0 radical (unpaired) electrons. The third-order valence-electron chi connectivity index (χ3n) is 5.57. The van der Waals surface area contributed by atoms with Crippen LogP contribution in [0.4, 0.5) is 4.79 Å². The van der Waals surface area contributed by atoms with Gasteiger partial charge in [0.05, 0.1) is 13.2 Å². The molecule has 0 aromatic heterocycles. The summed E-state index contributed by atoms with van der Waals surface area (Å²) in [4.78, 5) is 39.9. The van der Waals surface area contributed by atoms with Crippen molar-refractivity contribution >= 4 is 18.0 Å². The lowest BCUT2D eigenvalue weighted by Crippen LogP contribution is -2.56. The van der Waals surface area contributed by atoms with Crippen LogP contribution in [-0.4, -0.2) is 64.9 Å². The number of aliphatic hydroxyl groups is 1. The molecule has 29 heavy (non-hydrogen) atoms. The minimum Gasteiger partial charge on any atom is -0.467 e. The first-order valence-electron chi connectivity index (χ1n) is 10.5. The van der Waals surface area contributed by atoms with Gasteiger partial charge in [-0.25, -0.2) is 9.59 Å². The first-order valence-corrected chi connectivity index (χ1v) is 10.5. The number of carbonyl (C=O) groups is 3. The van der Waals surface area contributed by atoms with Crippen LogP contribution in [0.25, 0.3) is 0 Å². The van der Waals surface area contributed by atoms with Crippen molar-refractivity contribution in [1.29, 1.82) is 0 Å². The second-order valence-corrected chi connectivity index (χ2v) is 9.64. The van der Waals surface area contributed by atoms with E-state index >= 15 is 0 Å². The van der Waals surface area contributed by atoms with Crippen LogP contribution in [0.15, 0.2) is 0 Å². The summed E-state index contributed by atoms with van der Waals surface area (Å²) in [6.07, 6.45) is 1.65. The SMILES string of the molecule is COC(=O)[C@@H]1C[C@@H]2CC[C@@H](O)C[C@@H]2N1C(=O)[C@@H](CC(C)C)NC(=O)OC(C)(C)C. The minimum atomic E-state index is -0.810. The van der Waals surface area contributed by atoms with Crippen molar-refractivity contribution in [3.63, 3.8) is 0 Å². The molecule has 0 bridgehead atoms. The molecule has 5 atom stereocenters. The lowest BCUT2D eigenvalue weighted by Gasteiger charge is -2.37. The van der Waals surface area contributed by atoms with Crippen molar-refractivity contribution in [3.8, 4) is 0 Å². The number of nitrogens with one attached hydrogen (secondary N) is 1. The van der Waals surface area contributed by atoms with Gasteiger partial charge in [0.2, 0.25) is 5.91 Å². The number of alkyl carbamates (subject to hydrolysis) is 1. The van der Waals surface area contributed by atoms with Gasteiger partial charge in [-0.3, -0.25) is 4.79 Å². The Morgan fingerprint density at radius 1 is 1.17 bits per heavy atom. The summed E-state index contributed by atoms with van der Waals surface area (Å²) in [5.74, 6) is -0.483. The average molecular weight is 413 g/mol. The van der Waals surface area contributed by atoms with E-state index < -0.39 is 35.9 Å². The summed E-state index contributed by atoms with van der Waals surface area (Å²) in [5.41, 5.74) is -0.684. The summed E-state index contributed by atoms with van der Waals surface area (Å²) in [6.45, 7) is 9.20. The molecule has 2 rings (SSSR count). The smallest absolute Gasteiger partial charge is 0.408 e. The first kappa shape index (κ1) is 23.4. The Morgan fingerprint density at radius 2 is 1.83 bits per heavy atom. The number of rotatable bonds is 5. The molecule has 0 spiro atoms. The van der Waals surface area contributed by atoms with Crippen molar-refractivity contribution in [2.45, 2.75) is 96.6 Å². The number of carbonyl (C=O) groups excluding carboxylic acids is 3. The fraction of sp³-hybridized carbons (Fsp3) is 0.857. The zero-order chi connectivity index (χ0) is 21.9. The molecule has 1 aliphatic heterocycles. The number of fused-ring (bicyclic) bond motifs is 1. The standard InChI is InChI=1S/C21H36N2O6/c1-12(2)9-15(22-20(27)29-21(3,4)5)18(25)23-16-11-14(24)8-7-13(16)10-17(23)19(26)28-6/h12-17,24H,7-11H2,1-6H3,(H,22,27)/t13-,14+,15+,16-,17-/m0/s1. The summed E-state index contributed by atoms with van der Waals surface area (Å²) in [6, 6.07) is -1.73. The second-order valence-electron chi connectivity index (χ2n) is 9.64. The number of hydrogen-bond donors (Lipinski definition) is 2. The lowest BCUT2D eigenvalue weighted by molar-refractivity contribution is -0.153. The molecular formula is C21H36N2O6. The Bertz CT molecular complexity index is 615. The molecule has 1 aliphatic carbocycles. The Balaban J connectivity index is 2.26. The third-order valence-corrected chi connectivity index (χ3v) is 5.57. The minimum absolute atomic E-state index is 0.144. The number of ether oxygens (including phenoxy) is 2. The number of nitrogens with zero attached hydrogens (tertiary/aromatic N) is 1. The van der Waals surface area contributed by atoms with Crippen LogP contribution in [0.2, 0.25) is 0 Å². The largest absolute Gasteiger partial charge is 0.467 e. The Hall–Kier alpha value is -1.83. The molecule has 0 aromatic carbocycles. The van der Waals surface area contributed by atoms with Crippen molar-refractivity contribution < 1.29 is 29.0 Å². The van der Waals surface area contributed by atoms with Gasteiger partial charge in [0.25, 0.3) is 0 Å². The van der Waals surface area contributed by atoms with E-state index in [1.165, 1.54) is 7.11 Å². The van der Waals surface area contributed by atoms with Crippen molar-refractivity contribution in [2.75, 3.05) is 7.11 Å². The highest BCUT2D eigenvalue weighted by atomic mass is 16.6. The van der Waals surface area contributed by atoms with Crippen molar-refractivity contribution in [3.05, 3.63) is 0 Å². The maximum absolute atomic E-state index is 13.5. The Kier molecular flexibility index (Phi) is 7.54. The highest BCUT2D eigenvalue weighted by Gasteiger charge is 2.50. The molecule has 1 heterocycles. The normalized spacial score (nSPS) is 27.9. The summed E-state index contributed by atoms with van der Waals surface area (Å²) < 4.78 is 10.3. The third kappa shape index (κ3) is 6.07. The number of amides is 2. The molecule has 1 saturated carbocycles. The van der Waals surface area contributed by atoms with E-state index in [-0.39, 0.29) is 23.8 Å². The van der Waals surface area contributed by atoms with Gasteiger partial charge in [-0.2, -0.15) is 0 Å². The number of aliphatic hydroxyl groups excluding tert-OH is 1. The summed E-state index contributed by atoms with van der Waals surface area (Å²) >= 11 is 0. The number of methoxy groups -OCH3 is 1. The van der Waals surface area contributed by atoms with Gasteiger partial charge in [0.15, 0.2) is 0 Å². The van der Waals surface area contributed by atoms with Crippen LogP contribution in [-0.2, 0) is 19.1 Å². The molecule has 0 aromatic rings. The zero-order valence-electron chi connectivity index (χ0n) is 18.4. The van der Waals surface area contributed by atoms with Crippen LogP contribution in [0.5, 0.6) is 0 Å². The highest BCUT2D eigenvalue weighted by molar-refractivity contribution is 5.90. The van der Waals surface area contributed by atoms with Gasteiger partial charge in [0.1, 0.15) is 17.7 Å². The molecule has 8 nitrogen and oxygen atoms in total. The average Bonchev–Trinajstić information content (AvgIpc) is 2.96. The molecule has 2 fully saturated rings. The van der Waals surface area contributed by atoms with Crippen LogP contribution >= 0.6 is 0 Å². The molecule has 8 heteroatoms. The fourth-order valence-corrected chi connectivity index (χ4v) is 4.42. The van der Waals surface area contributed by atoms with Gasteiger partial charge in [0, 0.05) is 6.04 Å². The zero-order valence-corrected chi connectivity index (χ0v) is 18.4. The highest BCUT2D eigenvalue weighted by Crippen LogP contribution is 2.40. The first-order chi connectivity index (χ1) is 13.4. The second kappa shape index (κ2) is 9.32. The van der Waals surface area contributed by atoms with Crippen LogP contribution in [0.3, 0.4) is 0 Å². The van der Waals surface area contributed by atoms with Crippen LogP contribution in [0.1, 0.15) is 66.7 Å². The maximum Gasteiger partial charge on any atom is 0.408 e. The van der Waals surface area contributed by atoms with Crippen LogP contribution in [0, 0.1) is 11.8 Å². The van der Waals surface area contributed by atoms with E-state index in [0.29, 0.717) is 25.7 Å². The van der Waals surface area contributed by atoms with Gasteiger partial charge >= 0.3 is 12.1 Å². The maximum atomic E-state index is 13.5. The molecule has 1 saturated heterocycles. The van der Waals surface area contributed by atoms with E-state index in [4.69, 9.17) is 9.47 Å². The lowest BCUT2D eigenvalue weighted by atomic mass is 9.83. The van der Waals surface area contributed by atoms with Crippen LogP contribution < -0.4 is 5.32 Å². The monoisotopic (exact) mass is 412 g/mol. The van der Waals surface area contributed by atoms with E-state index in [1.54, 1.807) is 25.7 Å². The molecule has 0 unspecified atom stereocenters.